The molecular weight excluding hydrogens is 164 g/mol. The summed E-state index contributed by atoms with van der Waals surface area (Å²) in [6.45, 7) is 1.64. The van der Waals surface area contributed by atoms with Crippen molar-refractivity contribution in [2.75, 3.05) is 13.2 Å². The monoisotopic (exact) mass is 182 g/mol. The van der Waals surface area contributed by atoms with Gasteiger partial charge in [-0.15, -0.1) is 0 Å². The van der Waals surface area contributed by atoms with Crippen LogP contribution in [0.2, 0.25) is 0 Å². The van der Waals surface area contributed by atoms with E-state index >= 15 is 0 Å². The van der Waals surface area contributed by atoms with E-state index < -0.39 is 0 Å². The molecule has 2 heteroatoms. The van der Waals surface area contributed by atoms with Crippen molar-refractivity contribution in [3.05, 3.63) is 0 Å². The third-order valence-electron chi connectivity index (χ3n) is 4.02. The molecule has 1 saturated heterocycles. The lowest BCUT2D eigenvalue weighted by Gasteiger charge is -2.32. The van der Waals surface area contributed by atoms with E-state index in [4.69, 9.17) is 9.47 Å². The molecule has 13 heavy (non-hydrogen) atoms. The van der Waals surface area contributed by atoms with Crippen molar-refractivity contribution < 1.29 is 9.47 Å². The number of fused-ring (bicyclic) bond motifs is 3. The highest BCUT2D eigenvalue weighted by Crippen LogP contribution is 2.45. The molecule has 0 aromatic rings. The third kappa shape index (κ3) is 1.31. The van der Waals surface area contributed by atoms with E-state index in [0.717, 1.165) is 25.0 Å². The average molecular weight is 182 g/mol. The minimum absolute atomic E-state index is 0.446. The van der Waals surface area contributed by atoms with Crippen molar-refractivity contribution in [3.63, 3.8) is 0 Å². The van der Waals surface area contributed by atoms with Crippen LogP contribution < -0.4 is 0 Å². The van der Waals surface area contributed by atoms with Gasteiger partial charge in [-0.1, -0.05) is 12.8 Å². The second kappa shape index (κ2) is 3.25. The first-order valence-corrected chi connectivity index (χ1v) is 5.68. The zero-order valence-corrected chi connectivity index (χ0v) is 8.08. The second-order valence-electron chi connectivity index (χ2n) is 4.69. The fraction of sp³-hybridized carbons (Fsp3) is 1.00. The van der Waals surface area contributed by atoms with Gasteiger partial charge >= 0.3 is 0 Å². The van der Waals surface area contributed by atoms with Gasteiger partial charge in [0.05, 0.1) is 25.4 Å². The van der Waals surface area contributed by atoms with Crippen LogP contribution in [0.1, 0.15) is 32.1 Å². The van der Waals surface area contributed by atoms with Gasteiger partial charge in [-0.2, -0.15) is 0 Å². The quantitative estimate of drug-likeness (QED) is 0.570. The van der Waals surface area contributed by atoms with Crippen LogP contribution in [-0.4, -0.2) is 25.4 Å². The van der Waals surface area contributed by atoms with Crippen LogP contribution in [-0.2, 0) is 9.47 Å². The van der Waals surface area contributed by atoms with Crippen LogP contribution in [0.5, 0.6) is 0 Å². The molecule has 0 spiro atoms. The molecule has 0 aromatic carbocycles. The van der Waals surface area contributed by atoms with Gasteiger partial charge in [0.2, 0.25) is 0 Å². The van der Waals surface area contributed by atoms with E-state index in [2.05, 4.69) is 0 Å². The van der Waals surface area contributed by atoms with Gasteiger partial charge in [0.25, 0.3) is 0 Å². The Balaban J connectivity index is 1.76. The molecule has 3 aliphatic rings. The molecular formula is C11H18O2. The van der Waals surface area contributed by atoms with Crippen molar-refractivity contribution in [3.8, 4) is 0 Å². The van der Waals surface area contributed by atoms with Gasteiger partial charge in [0.1, 0.15) is 0 Å². The van der Waals surface area contributed by atoms with E-state index in [-0.39, 0.29) is 0 Å². The van der Waals surface area contributed by atoms with Crippen molar-refractivity contribution >= 4 is 0 Å². The van der Waals surface area contributed by atoms with Gasteiger partial charge in [0, 0.05) is 0 Å². The first kappa shape index (κ1) is 8.25. The Morgan fingerprint density at radius 1 is 0.923 bits per heavy atom. The molecule has 4 atom stereocenters. The van der Waals surface area contributed by atoms with Crippen molar-refractivity contribution in [1.29, 1.82) is 0 Å². The fourth-order valence-corrected chi connectivity index (χ4v) is 3.45. The van der Waals surface area contributed by atoms with Gasteiger partial charge in [-0.05, 0) is 31.1 Å². The highest BCUT2D eigenvalue weighted by atomic mass is 16.6. The topological polar surface area (TPSA) is 18.5 Å². The van der Waals surface area contributed by atoms with Crippen molar-refractivity contribution in [2.45, 2.75) is 44.3 Å². The summed E-state index contributed by atoms with van der Waals surface area (Å²) >= 11 is 0. The minimum Gasteiger partial charge on any atom is -0.373 e. The molecule has 74 valence electrons. The van der Waals surface area contributed by atoms with Crippen molar-refractivity contribution in [1.82, 2.24) is 0 Å². The lowest BCUT2D eigenvalue weighted by molar-refractivity contribution is -0.139. The Morgan fingerprint density at radius 2 is 1.77 bits per heavy atom. The number of hydrogen-bond donors (Lipinski definition) is 0. The first-order valence-electron chi connectivity index (χ1n) is 5.68. The van der Waals surface area contributed by atoms with Crippen LogP contribution in [0.4, 0.5) is 0 Å². The zero-order chi connectivity index (χ0) is 8.67. The summed E-state index contributed by atoms with van der Waals surface area (Å²) in [5.74, 6) is 1.75. The average Bonchev–Trinajstić information content (AvgIpc) is 2.56. The van der Waals surface area contributed by atoms with E-state index in [0.29, 0.717) is 12.2 Å². The van der Waals surface area contributed by atoms with E-state index in [1.54, 1.807) is 0 Å². The predicted octanol–water partition coefficient (Wildman–Crippen LogP) is 1.98. The summed E-state index contributed by atoms with van der Waals surface area (Å²) in [7, 11) is 0. The molecule has 1 heterocycles. The lowest BCUT2D eigenvalue weighted by Crippen LogP contribution is -2.38. The molecule has 0 bridgehead atoms. The third-order valence-corrected chi connectivity index (χ3v) is 4.02. The van der Waals surface area contributed by atoms with Gasteiger partial charge in [-0.3, -0.25) is 0 Å². The fourth-order valence-electron chi connectivity index (χ4n) is 3.45. The van der Waals surface area contributed by atoms with E-state index in [1.807, 2.05) is 0 Å². The Kier molecular flexibility index (Phi) is 2.06. The molecule has 1 aliphatic heterocycles. The van der Waals surface area contributed by atoms with Crippen LogP contribution in [0.15, 0.2) is 0 Å². The van der Waals surface area contributed by atoms with Crippen LogP contribution in [0.3, 0.4) is 0 Å². The highest BCUT2D eigenvalue weighted by Gasteiger charge is 2.46. The molecule has 3 fully saturated rings. The highest BCUT2D eigenvalue weighted by molar-refractivity contribution is 4.95. The Labute approximate surface area is 79.6 Å². The smallest absolute Gasteiger partial charge is 0.0868 e. The number of hydrogen-bond acceptors (Lipinski definition) is 2. The van der Waals surface area contributed by atoms with Crippen LogP contribution in [0.25, 0.3) is 0 Å². The molecule has 2 nitrogen and oxygen atoms in total. The summed E-state index contributed by atoms with van der Waals surface area (Å²) < 4.78 is 11.6. The number of ether oxygens (including phenoxy) is 2. The standard InChI is InChI=1S/C11H18O2/c1-2-4-9-8(3-1)7-10-11(9)13-6-5-12-10/h8-11H,1-7H2. The van der Waals surface area contributed by atoms with Crippen LogP contribution >= 0.6 is 0 Å². The van der Waals surface area contributed by atoms with Gasteiger partial charge < -0.3 is 9.47 Å². The Hall–Kier alpha value is -0.0800. The summed E-state index contributed by atoms with van der Waals surface area (Å²) in [5, 5.41) is 0. The second-order valence-corrected chi connectivity index (χ2v) is 4.69. The molecule has 2 saturated carbocycles. The summed E-state index contributed by atoms with van der Waals surface area (Å²) in [6.07, 6.45) is 7.82. The van der Waals surface area contributed by atoms with Crippen molar-refractivity contribution in [2.24, 2.45) is 11.8 Å². The Morgan fingerprint density at radius 3 is 2.77 bits per heavy atom. The molecule has 4 unspecified atom stereocenters. The maximum Gasteiger partial charge on any atom is 0.0868 e. The normalized spacial score (nSPS) is 49.8. The maximum atomic E-state index is 5.85. The molecule has 3 rings (SSSR count). The molecule has 0 radical (unpaired) electrons. The van der Waals surface area contributed by atoms with Gasteiger partial charge in [-0.25, -0.2) is 0 Å². The molecule has 0 aromatic heterocycles. The van der Waals surface area contributed by atoms with E-state index in [1.165, 1.54) is 32.1 Å². The minimum atomic E-state index is 0.446. The van der Waals surface area contributed by atoms with E-state index in [9.17, 15) is 0 Å². The largest absolute Gasteiger partial charge is 0.373 e. The van der Waals surface area contributed by atoms with Gasteiger partial charge in [0.15, 0.2) is 0 Å². The zero-order valence-electron chi connectivity index (χ0n) is 8.08. The first-order chi connectivity index (χ1) is 6.45. The lowest BCUT2D eigenvalue weighted by atomic mass is 9.81. The Bertz CT molecular complexity index is 173. The number of rotatable bonds is 0. The van der Waals surface area contributed by atoms with Crippen LogP contribution in [0, 0.1) is 11.8 Å². The molecule has 0 N–H and O–H groups in total. The summed E-state index contributed by atoms with van der Waals surface area (Å²) in [4.78, 5) is 0. The molecule has 2 aliphatic carbocycles. The summed E-state index contributed by atoms with van der Waals surface area (Å²) in [5.41, 5.74) is 0. The molecule has 0 amide bonds. The predicted molar refractivity (Wildman–Crippen MR) is 49.5 cm³/mol. The maximum absolute atomic E-state index is 5.85. The SMILES string of the molecule is C1CCC2C(C1)CC1OCCOC12. The summed E-state index contributed by atoms with van der Waals surface area (Å²) in [6, 6.07) is 0.